The van der Waals surface area contributed by atoms with Crippen molar-refractivity contribution < 1.29 is 17.7 Å². The summed E-state index contributed by atoms with van der Waals surface area (Å²) in [4.78, 5) is 4.19. The van der Waals surface area contributed by atoms with Gasteiger partial charge in [0.05, 0.1) is 12.2 Å². The van der Waals surface area contributed by atoms with Gasteiger partial charge in [0.1, 0.15) is 0 Å². The molecule has 0 aliphatic carbocycles. The summed E-state index contributed by atoms with van der Waals surface area (Å²) in [7, 11) is 0. The van der Waals surface area contributed by atoms with Crippen LogP contribution in [0.15, 0.2) is 41.1 Å². The molecular formula is C16H13F3N4OS. The highest BCUT2D eigenvalue weighted by molar-refractivity contribution is 7.80. The van der Waals surface area contributed by atoms with E-state index in [2.05, 4.69) is 19.8 Å². The van der Waals surface area contributed by atoms with Gasteiger partial charge in [-0.15, -0.1) is 0 Å². The van der Waals surface area contributed by atoms with Crippen LogP contribution in [0.1, 0.15) is 30.5 Å². The Morgan fingerprint density at radius 2 is 1.92 bits per heavy atom. The van der Waals surface area contributed by atoms with Crippen LogP contribution in [-0.4, -0.2) is 24.8 Å². The van der Waals surface area contributed by atoms with Gasteiger partial charge >= 0.3 is 12.1 Å². The van der Waals surface area contributed by atoms with Crippen molar-refractivity contribution >= 4 is 17.1 Å². The Labute approximate surface area is 146 Å². The summed E-state index contributed by atoms with van der Waals surface area (Å²) in [6.07, 6.45) is -2.22. The Hall–Kier alpha value is -2.55. The second-order valence-corrected chi connectivity index (χ2v) is 5.76. The molecule has 0 saturated carbocycles. The number of rotatable bonds is 5. The van der Waals surface area contributed by atoms with Crippen molar-refractivity contribution in [1.82, 2.24) is 19.9 Å². The molecule has 9 heteroatoms. The van der Waals surface area contributed by atoms with Crippen molar-refractivity contribution in [3.63, 3.8) is 0 Å². The first-order chi connectivity index (χ1) is 11.9. The van der Waals surface area contributed by atoms with E-state index < -0.39 is 12.1 Å². The Balaban J connectivity index is 1.78. The number of aromatic nitrogens is 4. The summed E-state index contributed by atoms with van der Waals surface area (Å²) in [6, 6.07) is 8.69. The predicted molar refractivity (Wildman–Crippen MR) is 88.1 cm³/mol. The standard InChI is InChI=1S/C16H13F3N4OS/c1-2-13(25)12-7-8-20-23(12)9-10-3-5-11(6-4-10)14-21-15(24-22-14)16(17,18)19/h3-8H,2,9H2,1H3. The Kier molecular flexibility index (Phi) is 4.67. The minimum Gasteiger partial charge on any atom is -0.329 e. The first-order valence-corrected chi connectivity index (χ1v) is 7.84. The lowest BCUT2D eigenvalue weighted by molar-refractivity contribution is -0.159. The summed E-state index contributed by atoms with van der Waals surface area (Å²) >= 11 is 5.32. The molecule has 0 radical (unpaired) electrons. The number of hydrogen-bond donors (Lipinski definition) is 0. The topological polar surface area (TPSA) is 56.7 Å². The molecule has 1 aromatic carbocycles. The van der Waals surface area contributed by atoms with Gasteiger partial charge in [-0.2, -0.15) is 23.3 Å². The largest absolute Gasteiger partial charge is 0.471 e. The predicted octanol–water partition coefficient (Wildman–Crippen LogP) is 4.13. The van der Waals surface area contributed by atoms with Crippen molar-refractivity contribution in [2.75, 3.05) is 0 Å². The Morgan fingerprint density at radius 1 is 1.20 bits per heavy atom. The van der Waals surface area contributed by atoms with Crippen molar-refractivity contribution in [2.24, 2.45) is 0 Å². The fourth-order valence-electron chi connectivity index (χ4n) is 2.26. The summed E-state index contributed by atoms with van der Waals surface area (Å²) in [5, 5.41) is 7.62. The molecule has 0 saturated heterocycles. The normalized spacial score (nSPS) is 11.7. The SMILES string of the molecule is CCC(=S)c1ccnn1Cc1ccc(-c2noc(C(F)(F)F)n2)cc1. The Bertz CT molecular complexity index is 883. The molecular weight excluding hydrogens is 353 g/mol. The van der Waals surface area contributed by atoms with Crippen LogP contribution < -0.4 is 0 Å². The molecule has 0 fully saturated rings. The summed E-state index contributed by atoms with van der Waals surface area (Å²) in [6.45, 7) is 2.48. The number of benzene rings is 1. The first kappa shape index (κ1) is 17.3. The zero-order chi connectivity index (χ0) is 18.0. The van der Waals surface area contributed by atoms with Gasteiger partial charge in [0.2, 0.25) is 5.82 Å². The van der Waals surface area contributed by atoms with Crippen molar-refractivity contribution in [3.8, 4) is 11.4 Å². The van der Waals surface area contributed by atoms with E-state index in [0.29, 0.717) is 12.1 Å². The van der Waals surface area contributed by atoms with Gasteiger partial charge in [-0.3, -0.25) is 4.68 Å². The Morgan fingerprint density at radius 3 is 2.52 bits per heavy atom. The van der Waals surface area contributed by atoms with E-state index in [1.165, 1.54) is 0 Å². The first-order valence-electron chi connectivity index (χ1n) is 7.43. The van der Waals surface area contributed by atoms with Crippen molar-refractivity contribution in [2.45, 2.75) is 26.1 Å². The molecule has 130 valence electrons. The maximum atomic E-state index is 12.5. The van der Waals surface area contributed by atoms with Gasteiger partial charge in [-0.25, -0.2) is 0 Å². The highest BCUT2D eigenvalue weighted by Gasteiger charge is 2.38. The fraction of sp³-hybridized carbons (Fsp3) is 0.250. The molecule has 2 aromatic heterocycles. The van der Waals surface area contributed by atoms with Gasteiger partial charge < -0.3 is 4.52 Å². The van der Waals surface area contributed by atoms with E-state index >= 15 is 0 Å². The lowest BCUT2D eigenvalue weighted by atomic mass is 10.1. The van der Waals surface area contributed by atoms with Crippen LogP contribution in [0, 0.1) is 0 Å². The smallest absolute Gasteiger partial charge is 0.329 e. The minimum absolute atomic E-state index is 0.106. The number of halogens is 3. The van der Waals surface area contributed by atoms with Gasteiger partial charge in [0, 0.05) is 16.6 Å². The van der Waals surface area contributed by atoms with Gasteiger partial charge in [-0.05, 0) is 18.1 Å². The van der Waals surface area contributed by atoms with Gasteiger partial charge in [-0.1, -0.05) is 48.6 Å². The molecule has 3 rings (SSSR count). The molecule has 5 nitrogen and oxygen atoms in total. The van der Waals surface area contributed by atoms with Gasteiger partial charge in [0.15, 0.2) is 0 Å². The van der Waals surface area contributed by atoms with E-state index in [1.54, 1.807) is 35.1 Å². The van der Waals surface area contributed by atoms with E-state index in [-0.39, 0.29) is 5.82 Å². The highest BCUT2D eigenvalue weighted by atomic mass is 32.1. The third-order valence-electron chi connectivity index (χ3n) is 3.54. The van der Waals surface area contributed by atoms with Gasteiger partial charge in [0.25, 0.3) is 0 Å². The molecule has 25 heavy (non-hydrogen) atoms. The highest BCUT2D eigenvalue weighted by Crippen LogP contribution is 2.29. The molecule has 0 atom stereocenters. The van der Waals surface area contributed by atoms with Crippen LogP contribution in [0.4, 0.5) is 13.2 Å². The van der Waals surface area contributed by atoms with E-state index in [9.17, 15) is 13.2 Å². The summed E-state index contributed by atoms with van der Waals surface area (Å²) < 4.78 is 43.6. The number of nitrogens with zero attached hydrogens (tertiary/aromatic N) is 4. The minimum atomic E-state index is -4.65. The summed E-state index contributed by atoms with van der Waals surface area (Å²) in [5.41, 5.74) is 2.24. The van der Waals surface area contributed by atoms with Crippen LogP contribution in [-0.2, 0) is 12.7 Å². The van der Waals surface area contributed by atoms with Crippen LogP contribution in [0.5, 0.6) is 0 Å². The van der Waals surface area contributed by atoms with E-state index in [4.69, 9.17) is 12.2 Å². The molecule has 0 aliphatic rings. The average Bonchev–Trinajstić information content (AvgIpc) is 3.24. The molecule has 0 aliphatic heterocycles. The molecule has 0 unspecified atom stereocenters. The third-order valence-corrected chi connectivity index (χ3v) is 4.03. The molecule has 3 aromatic rings. The van der Waals surface area contributed by atoms with Crippen molar-refractivity contribution in [1.29, 1.82) is 0 Å². The molecule has 2 heterocycles. The van der Waals surface area contributed by atoms with Crippen LogP contribution in [0.25, 0.3) is 11.4 Å². The van der Waals surface area contributed by atoms with E-state index in [0.717, 1.165) is 22.5 Å². The third kappa shape index (κ3) is 3.76. The monoisotopic (exact) mass is 366 g/mol. The molecule has 0 bridgehead atoms. The maximum absolute atomic E-state index is 12.5. The van der Waals surface area contributed by atoms with Crippen LogP contribution in [0.2, 0.25) is 0 Å². The average molecular weight is 366 g/mol. The number of thiocarbonyl (C=S) groups is 1. The molecule has 0 N–H and O–H groups in total. The van der Waals surface area contributed by atoms with Crippen molar-refractivity contribution in [3.05, 3.63) is 53.7 Å². The number of alkyl halides is 3. The lowest BCUT2D eigenvalue weighted by Crippen LogP contribution is -2.10. The second-order valence-electron chi connectivity index (χ2n) is 5.27. The van der Waals surface area contributed by atoms with E-state index in [1.807, 2.05) is 13.0 Å². The zero-order valence-corrected chi connectivity index (χ0v) is 13.9. The second kappa shape index (κ2) is 6.75. The molecule has 0 spiro atoms. The quantitative estimate of drug-likeness (QED) is 0.502. The fourth-order valence-corrected chi connectivity index (χ4v) is 2.44. The summed E-state index contributed by atoms with van der Waals surface area (Å²) in [5.74, 6) is -1.47. The van der Waals surface area contributed by atoms with Crippen LogP contribution in [0.3, 0.4) is 0 Å². The maximum Gasteiger partial charge on any atom is 0.471 e. The zero-order valence-electron chi connectivity index (χ0n) is 13.1. The lowest BCUT2D eigenvalue weighted by Gasteiger charge is -2.08. The molecule has 0 amide bonds. The van der Waals surface area contributed by atoms with Crippen LogP contribution >= 0.6 is 12.2 Å². The number of hydrogen-bond acceptors (Lipinski definition) is 5.